The summed E-state index contributed by atoms with van der Waals surface area (Å²) in [5, 5.41) is 10.6. The van der Waals surface area contributed by atoms with E-state index in [1.165, 1.54) is 57.8 Å². The lowest BCUT2D eigenvalue weighted by atomic mass is 10.1. The highest BCUT2D eigenvalue weighted by atomic mass is 31.2. The summed E-state index contributed by atoms with van der Waals surface area (Å²) in [6, 6.07) is 0. The normalized spacial score (nSPS) is 14.6. The highest BCUT2D eigenvalue weighted by Crippen LogP contribution is 2.45. The zero-order valence-corrected chi connectivity index (χ0v) is 63.2. The van der Waals surface area contributed by atoms with Crippen molar-refractivity contribution in [1.29, 1.82) is 0 Å². The molecule has 5 atom stereocenters. The number of carbonyl (C=O) groups excluding carboxylic acids is 4. The number of carbonyl (C=O) groups is 4. The first-order valence-corrected chi connectivity index (χ1v) is 41.1. The van der Waals surface area contributed by atoms with E-state index in [9.17, 15) is 43.2 Å². The summed E-state index contributed by atoms with van der Waals surface area (Å²) in [6.45, 7) is 4.59. The molecule has 0 aliphatic heterocycles. The zero-order chi connectivity index (χ0) is 71.8. The summed E-state index contributed by atoms with van der Waals surface area (Å²) in [7, 11) is -9.96. The Hall–Kier alpha value is -4.28. The summed E-state index contributed by atoms with van der Waals surface area (Å²) >= 11 is 0. The van der Waals surface area contributed by atoms with Gasteiger partial charge in [-0.2, -0.15) is 0 Å². The van der Waals surface area contributed by atoms with Gasteiger partial charge in [0.1, 0.15) is 19.3 Å². The smallest absolute Gasteiger partial charge is 0.462 e. The first kappa shape index (κ1) is 93.7. The largest absolute Gasteiger partial charge is 0.472 e. The highest BCUT2D eigenvalue weighted by molar-refractivity contribution is 7.47. The molecule has 564 valence electrons. The van der Waals surface area contributed by atoms with Gasteiger partial charge in [0.15, 0.2) is 12.2 Å². The lowest BCUT2D eigenvalue weighted by molar-refractivity contribution is -0.161. The number of aliphatic hydroxyl groups is 1. The maximum atomic E-state index is 13.1. The molecule has 17 nitrogen and oxygen atoms in total. The van der Waals surface area contributed by atoms with Crippen LogP contribution in [-0.2, 0) is 65.4 Å². The Balaban J connectivity index is 5.34. The van der Waals surface area contributed by atoms with Crippen LogP contribution in [0.1, 0.15) is 310 Å². The van der Waals surface area contributed by atoms with Crippen molar-refractivity contribution >= 4 is 39.5 Å². The van der Waals surface area contributed by atoms with Gasteiger partial charge < -0.3 is 33.8 Å². The van der Waals surface area contributed by atoms with Gasteiger partial charge in [0, 0.05) is 25.7 Å². The minimum atomic E-state index is -4.98. The molecule has 0 radical (unpaired) electrons. The van der Waals surface area contributed by atoms with Gasteiger partial charge in [-0.15, -0.1) is 0 Å². The second kappa shape index (κ2) is 71.1. The number of phosphoric acid groups is 2. The molecule has 0 heterocycles. The Morgan fingerprint density at radius 2 is 0.551 bits per heavy atom. The Kier molecular flexibility index (Phi) is 68.0. The first-order valence-electron chi connectivity index (χ1n) is 38.1. The molecule has 0 amide bonds. The molecule has 0 aromatic rings. The molecule has 0 spiro atoms. The number of ether oxygens (including phenoxy) is 4. The molecule has 19 heteroatoms. The molecule has 5 unspecified atom stereocenters. The van der Waals surface area contributed by atoms with E-state index in [0.717, 1.165) is 173 Å². The number of hydrogen-bond acceptors (Lipinski definition) is 15. The first-order chi connectivity index (χ1) is 47.7. The quantitative estimate of drug-likeness (QED) is 0.0169. The van der Waals surface area contributed by atoms with Crippen molar-refractivity contribution in [3.8, 4) is 0 Å². The van der Waals surface area contributed by atoms with Gasteiger partial charge in [-0.05, 0) is 128 Å². The molecule has 0 rings (SSSR count). The topological polar surface area (TPSA) is 237 Å². The molecule has 98 heavy (non-hydrogen) atoms. The minimum absolute atomic E-state index is 0.0684. The van der Waals surface area contributed by atoms with Crippen molar-refractivity contribution in [2.75, 3.05) is 39.6 Å². The molecule has 0 bridgehead atoms. The van der Waals surface area contributed by atoms with Crippen LogP contribution in [-0.4, -0.2) is 96.7 Å². The van der Waals surface area contributed by atoms with E-state index in [1.807, 2.05) is 0 Å². The SMILES string of the molecule is CC/C=C\C/C=C\C/C=C\C/C=C\CCCCC(=O)OCC(COP(=O)(O)OCC(O)COP(=O)(O)OCC(COC(=O)CCCCCCCC/C=C\C/C=C\C/C=C\CCCCC)OC(=O)CCCCCCCCCCCCC)OC(=O)CCCCCCC/C=C\C/C=C\CCC. The molecule has 0 fully saturated rings. The molecular formula is C79H136O17P2. The van der Waals surface area contributed by atoms with Gasteiger partial charge in [-0.3, -0.25) is 37.3 Å². The maximum absolute atomic E-state index is 13.1. The van der Waals surface area contributed by atoms with Crippen molar-refractivity contribution < 1.29 is 80.2 Å². The van der Waals surface area contributed by atoms with E-state index < -0.39 is 97.5 Å². The van der Waals surface area contributed by atoms with Crippen molar-refractivity contribution in [3.05, 3.63) is 109 Å². The lowest BCUT2D eigenvalue weighted by Crippen LogP contribution is -2.30. The molecule has 0 aromatic carbocycles. The average molecular weight is 1420 g/mol. The van der Waals surface area contributed by atoms with E-state index in [4.69, 9.17) is 37.0 Å². The molecule has 0 aliphatic rings. The molecule has 3 N–H and O–H groups in total. The van der Waals surface area contributed by atoms with Gasteiger partial charge in [0.25, 0.3) is 0 Å². The fourth-order valence-electron chi connectivity index (χ4n) is 9.90. The zero-order valence-electron chi connectivity index (χ0n) is 61.4. The van der Waals surface area contributed by atoms with Crippen LogP contribution in [0.15, 0.2) is 109 Å². The highest BCUT2D eigenvalue weighted by Gasteiger charge is 2.30. The summed E-state index contributed by atoms with van der Waals surface area (Å²) in [5.41, 5.74) is 0. The molecule has 0 saturated heterocycles. The van der Waals surface area contributed by atoms with Gasteiger partial charge in [-0.1, -0.05) is 265 Å². The number of allylic oxidation sites excluding steroid dienone is 18. The monoisotopic (exact) mass is 1420 g/mol. The number of aliphatic hydroxyl groups excluding tert-OH is 1. The molecule has 0 aliphatic carbocycles. The van der Waals surface area contributed by atoms with Gasteiger partial charge >= 0.3 is 39.5 Å². The standard InChI is InChI=1S/C79H136O17P2/c1-5-9-13-17-21-25-29-32-34-35-36-37-39-42-45-48-52-56-60-64-77(82)89-69-74(95-78(83)65-61-57-53-49-43-28-24-20-16-12-8-4)71-93-97(85,86)91-67-73(80)68-92-98(87,88)94-72-75(96-79(84)66-62-58-54-50-46-40-31-27-23-19-15-11-7-3)70-90-76(81)63-59-55-51-47-44-41-38-33-30-26-22-18-14-10-6-2/h10,14-15,19,21-22,25-27,31-34,36-38,44,47,73-75,80H,5-9,11-13,16-18,20,23-24,28-30,35,39-43,45-46,48-72H2,1-4H3,(H,85,86)(H,87,88)/b14-10-,19-15-,25-21-,26-22-,31-27-,34-32-,37-36-,38-33-,47-44-. The molecule has 0 saturated carbocycles. The summed E-state index contributed by atoms with van der Waals surface area (Å²) < 4.78 is 68.4. The number of esters is 4. The average Bonchev–Trinajstić information content (AvgIpc) is 0.983. The number of phosphoric ester groups is 2. The lowest BCUT2D eigenvalue weighted by Gasteiger charge is -2.21. The van der Waals surface area contributed by atoms with Crippen molar-refractivity contribution in [2.45, 2.75) is 329 Å². The van der Waals surface area contributed by atoms with E-state index in [2.05, 4.69) is 137 Å². The third-order valence-electron chi connectivity index (χ3n) is 15.7. The van der Waals surface area contributed by atoms with Crippen LogP contribution in [0.2, 0.25) is 0 Å². The Bertz CT molecular complexity index is 2290. The van der Waals surface area contributed by atoms with Gasteiger partial charge in [0.2, 0.25) is 0 Å². The Morgan fingerprint density at radius 3 is 0.898 bits per heavy atom. The number of rotatable bonds is 71. The predicted molar refractivity (Wildman–Crippen MR) is 399 cm³/mol. The van der Waals surface area contributed by atoms with E-state index in [-0.39, 0.29) is 25.7 Å². The van der Waals surface area contributed by atoms with E-state index in [0.29, 0.717) is 25.7 Å². The van der Waals surface area contributed by atoms with Crippen molar-refractivity contribution in [3.63, 3.8) is 0 Å². The Labute approximate surface area is 594 Å². The fraction of sp³-hybridized carbons (Fsp3) is 0.722. The van der Waals surface area contributed by atoms with E-state index >= 15 is 0 Å². The van der Waals surface area contributed by atoms with Crippen molar-refractivity contribution in [2.24, 2.45) is 0 Å². The minimum Gasteiger partial charge on any atom is -0.462 e. The van der Waals surface area contributed by atoms with E-state index in [1.54, 1.807) is 0 Å². The van der Waals surface area contributed by atoms with Crippen molar-refractivity contribution in [1.82, 2.24) is 0 Å². The van der Waals surface area contributed by atoms with Crippen LogP contribution < -0.4 is 0 Å². The second-order valence-corrected chi connectivity index (χ2v) is 28.1. The van der Waals surface area contributed by atoms with Crippen LogP contribution >= 0.6 is 15.6 Å². The van der Waals surface area contributed by atoms with Crippen LogP contribution in [0, 0.1) is 0 Å². The van der Waals surface area contributed by atoms with Gasteiger partial charge in [-0.25, -0.2) is 9.13 Å². The summed E-state index contributed by atoms with van der Waals surface area (Å²) in [4.78, 5) is 72.8. The fourth-order valence-corrected chi connectivity index (χ4v) is 11.5. The van der Waals surface area contributed by atoms with Crippen LogP contribution in [0.25, 0.3) is 0 Å². The van der Waals surface area contributed by atoms with Crippen LogP contribution in [0.4, 0.5) is 0 Å². The second-order valence-electron chi connectivity index (χ2n) is 25.2. The number of unbranched alkanes of at least 4 members (excludes halogenated alkanes) is 27. The van der Waals surface area contributed by atoms with Crippen LogP contribution in [0.5, 0.6) is 0 Å². The predicted octanol–water partition coefficient (Wildman–Crippen LogP) is 21.8. The van der Waals surface area contributed by atoms with Crippen LogP contribution in [0.3, 0.4) is 0 Å². The summed E-state index contributed by atoms with van der Waals surface area (Å²) in [5.74, 6) is -2.24. The van der Waals surface area contributed by atoms with Gasteiger partial charge in [0.05, 0.1) is 26.4 Å². The molecule has 0 aromatic heterocycles. The third kappa shape index (κ3) is 70.2. The Morgan fingerprint density at radius 1 is 0.296 bits per heavy atom. The number of hydrogen-bond donors (Lipinski definition) is 3. The summed E-state index contributed by atoms with van der Waals surface area (Å²) in [6.07, 6.45) is 75.2. The molecular weight excluding hydrogens is 1280 g/mol. The third-order valence-corrected chi connectivity index (χ3v) is 17.6. The maximum Gasteiger partial charge on any atom is 0.472 e.